The monoisotopic (exact) mass is 426 g/mol. The number of carbonyl (C=O) groups is 2. The molecule has 6 heteroatoms. The Morgan fingerprint density at radius 2 is 2.00 bits per heavy atom. The Morgan fingerprint density at radius 1 is 1.23 bits per heavy atom. The van der Waals surface area contributed by atoms with Crippen LogP contribution in [-0.4, -0.2) is 37.3 Å². The standard InChI is InChI=1S/C24H30N2O3S/c1-16-10-11-17(2)19(14-16)15-26-20-8-5-6-9-21(20)30-22(24(26)28)18(3)23(27)25-12-7-13-29-4/h5-6,8-11,14,18,22H,7,12-13,15H2,1-4H3,(H,25,27)/t18-,22+/m0/s1. The number of fused-ring (bicyclic) bond motifs is 1. The lowest BCUT2D eigenvalue weighted by molar-refractivity contribution is -0.128. The smallest absolute Gasteiger partial charge is 0.241 e. The molecule has 0 fully saturated rings. The molecule has 0 radical (unpaired) electrons. The lowest BCUT2D eigenvalue weighted by Gasteiger charge is -2.36. The second-order valence-corrected chi connectivity index (χ2v) is 8.97. The maximum Gasteiger partial charge on any atom is 0.241 e. The van der Waals surface area contributed by atoms with Gasteiger partial charge in [0.05, 0.1) is 18.2 Å². The van der Waals surface area contributed by atoms with Crippen molar-refractivity contribution in [2.24, 2.45) is 5.92 Å². The summed E-state index contributed by atoms with van der Waals surface area (Å²) in [4.78, 5) is 29.1. The van der Waals surface area contributed by atoms with E-state index in [1.807, 2.05) is 36.1 Å². The van der Waals surface area contributed by atoms with Gasteiger partial charge in [0, 0.05) is 25.2 Å². The summed E-state index contributed by atoms with van der Waals surface area (Å²) in [7, 11) is 1.64. The van der Waals surface area contributed by atoms with Crippen LogP contribution in [0.3, 0.4) is 0 Å². The average Bonchev–Trinajstić information content (AvgIpc) is 2.74. The first-order valence-electron chi connectivity index (χ1n) is 10.3. The van der Waals surface area contributed by atoms with Gasteiger partial charge in [-0.05, 0) is 43.5 Å². The number of amides is 2. The van der Waals surface area contributed by atoms with Crippen LogP contribution in [0.15, 0.2) is 47.4 Å². The Morgan fingerprint density at radius 3 is 2.77 bits per heavy atom. The van der Waals surface area contributed by atoms with Crippen LogP contribution in [0.5, 0.6) is 0 Å². The molecule has 1 heterocycles. The number of thioether (sulfide) groups is 1. The van der Waals surface area contributed by atoms with E-state index in [9.17, 15) is 9.59 Å². The summed E-state index contributed by atoms with van der Waals surface area (Å²) in [5.41, 5.74) is 4.37. The Bertz CT molecular complexity index is 915. The second-order valence-electron chi connectivity index (χ2n) is 7.79. The summed E-state index contributed by atoms with van der Waals surface area (Å²) in [6.45, 7) is 7.61. The highest BCUT2D eigenvalue weighted by Crippen LogP contribution is 2.42. The number of benzene rings is 2. The largest absolute Gasteiger partial charge is 0.385 e. The van der Waals surface area contributed by atoms with E-state index >= 15 is 0 Å². The lowest BCUT2D eigenvalue weighted by atomic mass is 10.0. The molecule has 0 saturated heterocycles. The van der Waals surface area contributed by atoms with Crippen molar-refractivity contribution in [3.8, 4) is 0 Å². The van der Waals surface area contributed by atoms with Crippen molar-refractivity contribution in [1.29, 1.82) is 0 Å². The minimum Gasteiger partial charge on any atom is -0.385 e. The van der Waals surface area contributed by atoms with E-state index in [2.05, 4.69) is 37.4 Å². The number of anilines is 1. The number of aryl methyl sites for hydroxylation is 2. The van der Waals surface area contributed by atoms with E-state index in [-0.39, 0.29) is 11.8 Å². The Kier molecular flexibility index (Phi) is 7.56. The molecular weight excluding hydrogens is 396 g/mol. The van der Waals surface area contributed by atoms with Crippen molar-refractivity contribution < 1.29 is 14.3 Å². The van der Waals surface area contributed by atoms with E-state index in [4.69, 9.17) is 4.74 Å². The minimum absolute atomic E-state index is 0.0147. The number of ether oxygens (including phenoxy) is 1. The minimum atomic E-state index is -0.451. The molecule has 0 bridgehead atoms. The van der Waals surface area contributed by atoms with Crippen LogP contribution >= 0.6 is 11.8 Å². The zero-order valence-corrected chi connectivity index (χ0v) is 18.9. The van der Waals surface area contributed by atoms with Gasteiger partial charge in [-0.1, -0.05) is 42.8 Å². The molecule has 2 aromatic carbocycles. The number of hydrogen-bond donors (Lipinski definition) is 1. The first-order valence-corrected chi connectivity index (χ1v) is 11.2. The van der Waals surface area contributed by atoms with Gasteiger partial charge in [0.1, 0.15) is 5.25 Å². The fourth-order valence-electron chi connectivity index (χ4n) is 3.59. The van der Waals surface area contributed by atoms with Crippen molar-refractivity contribution >= 4 is 29.3 Å². The molecule has 1 aliphatic heterocycles. The van der Waals surface area contributed by atoms with Crippen molar-refractivity contribution in [2.75, 3.05) is 25.2 Å². The number of para-hydroxylation sites is 1. The van der Waals surface area contributed by atoms with E-state index in [0.717, 1.165) is 28.1 Å². The molecule has 0 spiro atoms. The molecule has 0 saturated carbocycles. The fourth-order valence-corrected chi connectivity index (χ4v) is 4.87. The molecule has 0 aliphatic carbocycles. The van der Waals surface area contributed by atoms with Crippen LogP contribution in [-0.2, 0) is 20.9 Å². The van der Waals surface area contributed by atoms with Gasteiger partial charge in [0.15, 0.2) is 0 Å². The van der Waals surface area contributed by atoms with Crippen molar-refractivity contribution in [1.82, 2.24) is 5.32 Å². The number of nitrogens with one attached hydrogen (secondary N) is 1. The molecule has 5 nitrogen and oxygen atoms in total. The first-order chi connectivity index (χ1) is 14.4. The highest BCUT2D eigenvalue weighted by Gasteiger charge is 2.39. The summed E-state index contributed by atoms with van der Waals surface area (Å²) in [5.74, 6) is -0.540. The van der Waals surface area contributed by atoms with Gasteiger partial charge in [-0.2, -0.15) is 0 Å². The topological polar surface area (TPSA) is 58.6 Å². The van der Waals surface area contributed by atoms with Gasteiger partial charge in [-0.3, -0.25) is 9.59 Å². The zero-order chi connectivity index (χ0) is 21.7. The van der Waals surface area contributed by atoms with E-state index in [1.54, 1.807) is 7.11 Å². The summed E-state index contributed by atoms with van der Waals surface area (Å²) in [5, 5.41) is 2.49. The molecule has 0 aromatic heterocycles. The molecule has 2 amide bonds. The van der Waals surface area contributed by atoms with Crippen LogP contribution in [0.25, 0.3) is 0 Å². The number of hydrogen-bond acceptors (Lipinski definition) is 4. The van der Waals surface area contributed by atoms with Gasteiger partial charge in [-0.25, -0.2) is 0 Å². The second kappa shape index (κ2) is 10.1. The SMILES string of the molecule is COCCCNC(=O)[C@@H](C)[C@H]1Sc2ccccc2N(Cc2cc(C)ccc2C)C1=O. The number of methoxy groups -OCH3 is 1. The summed E-state index contributed by atoms with van der Waals surface area (Å²) < 4.78 is 5.03. The summed E-state index contributed by atoms with van der Waals surface area (Å²) in [6, 6.07) is 14.2. The molecular formula is C24H30N2O3S. The summed E-state index contributed by atoms with van der Waals surface area (Å²) >= 11 is 1.49. The molecule has 3 rings (SSSR count). The predicted molar refractivity (Wildman–Crippen MR) is 122 cm³/mol. The Hall–Kier alpha value is -2.31. The maximum absolute atomic E-state index is 13.5. The van der Waals surface area contributed by atoms with Gasteiger partial charge < -0.3 is 15.0 Å². The van der Waals surface area contributed by atoms with Crippen LogP contribution in [0.1, 0.15) is 30.0 Å². The van der Waals surface area contributed by atoms with Crippen LogP contribution in [0, 0.1) is 19.8 Å². The van der Waals surface area contributed by atoms with Gasteiger partial charge in [0.25, 0.3) is 0 Å². The molecule has 160 valence electrons. The van der Waals surface area contributed by atoms with Crippen molar-refractivity contribution in [3.05, 3.63) is 59.2 Å². The van der Waals surface area contributed by atoms with E-state index in [1.165, 1.54) is 17.3 Å². The molecule has 2 atom stereocenters. The quantitative estimate of drug-likeness (QED) is 0.646. The Labute approximate surface area is 183 Å². The number of carbonyl (C=O) groups excluding carboxylic acids is 2. The van der Waals surface area contributed by atoms with Crippen molar-refractivity contribution in [2.45, 2.75) is 43.9 Å². The summed E-state index contributed by atoms with van der Waals surface area (Å²) in [6.07, 6.45) is 0.752. The third-order valence-electron chi connectivity index (χ3n) is 5.44. The van der Waals surface area contributed by atoms with Crippen LogP contribution < -0.4 is 10.2 Å². The predicted octanol–water partition coefficient (Wildman–Crippen LogP) is 4.10. The van der Waals surface area contributed by atoms with Crippen molar-refractivity contribution in [3.63, 3.8) is 0 Å². The third-order valence-corrected chi connectivity index (χ3v) is 6.91. The average molecular weight is 427 g/mol. The fraction of sp³-hybridized carbons (Fsp3) is 0.417. The highest BCUT2D eigenvalue weighted by atomic mass is 32.2. The number of nitrogens with zero attached hydrogens (tertiary/aromatic N) is 1. The maximum atomic E-state index is 13.5. The first kappa shape index (κ1) is 22.4. The molecule has 1 aliphatic rings. The molecule has 0 unspecified atom stereocenters. The lowest BCUT2D eigenvalue weighted by Crippen LogP contribution is -2.47. The Balaban J connectivity index is 1.83. The normalized spacial score (nSPS) is 16.9. The van der Waals surface area contributed by atoms with E-state index < -0.39 is 11.2 Å². The van der Waals surface area contributed by atoms with E-state index in [0.29, 0.717) is 19.7 Å². The zero-order valence-electron chi connectivity index (χ0n) is 18.1. The molecule has 1 N–H and O–H groups in total. The highest BCUT2D eigenvalue weighted by molar-refractivity contribution is 8.01. The third kappa shape index (κ3) is 5.05. The molecule has 2 aromatic rings. The number of rotatable bonds is 8. The van der Waals surface area contributed by atoms with Gasteiger partial charge in [0.2, 0.25) is 11.8 Å². The van der Waals surface area contributed by atoms with Crippen LogP contribution in [0.4, 0.5) is 5.69 Å². The van der Waals surface area contributed by atoms with Crippen LogP contribution in [0.2, 0.25) is 0 Å². The van der Waals surface area contributed by atoms with Gasteiger partial charge >= 0.3 is 0 Å². The van der Waals surface area contributed by atoms with Gasteiger partial charge in [-0.15, -0.1) is 11.8 Å². The molecule has 30 heavy (non-hydrogen) atoms.